The molecule has 1 rings (SSSR count). The van der Waals surface area contributed by atoms with E-state index in [2.05, 4.69) is 20.8 Å². The van der Waals surface area contributed by atoms with Gasteiger partial charge in [0.25, 0.3) is 0 Å². The predicted molar refractivity (Wildman–Crippen MR) is 79.5 cm³/mol. The summed E-state index contributed by atoms with van der Waals surface area (Å²) in [5.74, 6) is -0.0798. The van der Waals surface area contributed by atoms with E-state index in [0.29, 0.717) is 12.3 Å². The molecule has 116 valence electrons. The third kappa shape index (κ3) is 4.80. The van der Waals surface area contributed by atoms with Crippen molar-refractivity contribution in [3.63, 3.8) is 0 Å². The molecule has 1 N–H and O–H groups in total. The minimum atomic E-state index is -0.767. The Labute approximate surface area is 122 Å². The molecule has 1 heterocycles. The lowest BCUT2D eigenvalue weighted by atomic mass is 9.88. The lowest BCUT2D eigenvalue weighted by molar-refractivity contribution is -0.143. The number of hydrogen-bond acceptors (Lipinski definition) is 2. The van der Waals surface area contributed by atoms with Crippen LogP contribution in [0.5, 0.6) is 0 Å². The largest absolute Gasteiger partial charge is 0.481 e. The zero-order chi connectivity index (χ0) is 15.1. The van der Waals surface area contributed by atoms with Gasteiger partial charge in [0, 0.05) is 24.9 Å². The number of nitrogens with zero attached hydrogens (tertiary/aromatic N) is 1. The Kier molecular flexibility index (Phi) is 7.03. The molecule has 1 fully saturated rings. The molecule has 1 aliphatic rings. The molecule has 1 aliphatic heterocycles. The van der Waals surface area contributed by atoms with Gasteiger partial charge < -0.3 is 10.0 Å². The van der Waals surface area contributed by atoms with E-state index in [4.69, 9.17) is 5.11 Å². The van der Waals surface area contributed by atoms with Crippen LogP contribution in [0.2, 0.25) is 0 Å². The van der Waals surface area contributed by atoms with Crippen molar-refractivity contribution in [2.24, 2.45) is 11.8 Å². The number of carbonyl (C=O) groups excluding carboxylic acids is 1. The van der Waals surface area contributed by atoms with Crippen LogP contribution in [0.4, 0.5) is 0 Å². The van der Waals surface area contributed by atoms with Crippen molar-refractivity contribution in [1.82, 2.24) is 4.90 Å². The van der Waals surface area contributed by atoms with Gasteiger partial charge in [-0.1, -0.05) is 27.2 Å². The van der Waals surface area contributed by atoms with Crippen molar-refractivity contribution in [3.05, 3.63) is 0 Å². The van der Waals surface area contributed by atoms with Crippen molar-refractivity contribution in [1.29, 1.82) is 0 Å². The van der Waals surface area contributed by atoms with Gasteiger partial charge in [0.05, 0.1) is 0 Å². The van der Waals surface area contributed by atoms with Gasteiger partial charge in [-0.05, 0) is 38.0 Å². The first-order chi connectivity index (χ1) is 9.47. The molecule has 4 heteroatoms. The summed E-state index contributed by atoms with van der Waals surface area (Å²) in [4.78, 5) is 25.5. The van der Waals surface area contributed by atoms with Crippen LogP contribution in [-0.2, 0) is 9.59 Å². The minimum absolute atomic E-state index is 0.0884. The van der Waals surface area contributed by atoms with Gasteiger partial charge in [-0.25, -0.2) is 0 Å². The van der Waals surface area contributed by atoms with Gasteiger partial charge in [0.1, 0.15) is 0 Å². The molecule has 2 unspecified atom stereocenters. The summed E-state index contributed by atoms with van der Waals surface area (Å²) < 4.78 is 0. The van der Waals surface area contributed by atoms with Gasteiger partial charge in [-0.15, -0.1) is 0 Å². The Balaban J connectivity index is 2.71. The van der Waals surface area contributed by atoms with Gasteiger partial charge >= 0.3 is 5.97 Å². The first-order valence-electron chi connectivity index (χ1n) is 7.99. The van der Waals surface area contributed by atoms with Crippen LogP contribution in [0.3, 0.4) is 0 Å². The van der Waals surface area contributed by atoms with E-state index in [1.54, 1.807) is 0 Å². The minimum Gasteiger partial charge on any atom is -0.481 e. The van der Waals surface area contributed by atoms with E-state index in [-0.39, 0.29) is 24.3 Å². The molecule has 0 aromatic rings. The highest BCUT2D eigenvalue weighted by molar-refractivity contribution is 5.79. The summed E-state index contributed by atoms with van der Waals surface area (Å²) in [6, 6.07) is 0.130. The third-order valence-corrected chi connectivity index (χ3v) is 4.32. The lowest BCUT2D eigenvalue weighted by Crippen LogP contribution is -2.47. The highest BCUT2D eigenvalue weighted by atomic mass is 16.4. The quantitative estimate of drug-likeness (QED) is 0.780. The number of aliphatic carboxylic acids is 1. The molecule has 0 bridgehead atoms. The number of amides is 1. The Morgan fingerprint density at radius 1 is 1.30 bits per heavy atom. The van der Waals surface area contributed by atoms with Crippen molar-refractivity contribution in [3.8, 4) is 0 Å². The Bertz CT molecular complexity index is 328. The van der Waals surface area contributed by atoms with E-state index >= 15 is 0 Å². The summed E-state index contributed by atoms with van der Waals surface area (Å²) in [7, 11) is 0. The Morgan fingerprint density at radius 2 is 2.00 bits per heavy atom. The second-order valence-corrected chi connectivity index (χ2v) is 6.25. The summed E-state index contributed by atoms with van der Waals surface area (Å²) in [6.45, 7) is 7.12. The highest BCUT2D eigenvalue weighted by Gasteiger charge is 2.32. The SMILES string of the molecule is CCCC(C(=O)N1CCCCC1CCC(=O)O)C(C)C. The van der Waals surface area contributed by atoms with Crippen LogP contribution >= 0.6 is 0 Å². The molecule has 0 saturated carbocycles. The highest BCUT2D eigenvalue weighted by Crippen LogP contribution is 2.27. The molecule has 1 amide bonds. The number of carboxylic acid groups (broad SMARTS) is 1. The van der Waals surface area contributed by atoms with Gasteiger partial charge in [-0.2, -0.15) is 0 Å². The normalized spacial score (nSPS) is 21.0. The molecule has 0 aliphatic carbocycles. The molecule has 0 aromatic carbocycles. The predicted octanol–water partition coefficient (Wildman–Crippen LogP) is 3.30. The van der Waals surface area contributed by atoms with E-state index < -0.39 is 5.97 Å². The summed E-state index contributed by atoms with van der Waals surface area (Å²) >= 11 is 0. The molecule has 4 nitrogen and oxygen atoms in total. The first kappa shape index (κ1) is 17.0. The number of likely N-dealkylation sites (tertiary alicyclic amines) is 1. The topological polar surface area (TPSA) is 57.6 Å². The number of piperidine rings is 1. The van der Waals surface area contributed by atoms with Crippen LogP contribution < -0.4 is 0 Å². The standard InChI is InChI=1S/C16H29NO3/c1-4-7-14(12(2)3)16(20)17-11-6-5-8-13(17)9-10-15(18)19/h12-14H,4-11H2,1-3H3,(H,18,19). The molecular weight excluding hydrogens is 254 g/mol. The fourth-order valence-electron chi connectivity index (χ4n) is 3.15. The zero-order valence-electron chi connectivity index (χ0n) is 13.1. The third-order valence-electron chi connectivity index (χ3n) is 4.32. The molecule has 2 atom stereocenters. The van der Waals surface area contributed by atoms with Crippen molar-refractivity contribution < 1.29 is 14.7 Å². The smallest absolute Gasteiger partial charge is 0.303 e. The first-order valence-corrected chi connectivity index (χ1v) is 7.99. The number of hydrogen-bond donors (Lipinski definition) is 1. The lowest BCUT2D eigenvalue weighted by Gasteiger charge is -2.38. The maximum absolute atomic E-state index is 12.8. The monoisotopic (exact) mass is 283 g/mol. The zero-order valence-corrected chi connectivity index (χ0v) is 13.1. The van der Waals surface area contributed by atoms with Gasteiger partial charge in [0.15, 0.2) is 0 Å². The molecule has 0 radical (unpaired) electrons. The van der Waals surface area contributed by atoms with Gasteiger partial charge in [0.2, 0.25) is 5.91 Å². The van der Waals surface area contributed by atoms with E-state index in [0.717, 1.165) is 38.6 Å². The Morgan fingerprint density at radius 3 is 2.55 bits per heavy atom. The second kappa shape index (κ2) is 8.28. The van der Waals surface area contributed by atoms with Crippen LogP contribution in [-0.4, -0.2) is 34.5 Å². The Hall–Kier alpha value is -1.06. The second-order valence-electron chi connectivity index (χ2n) is 6.25. The number of rotatable bonds is 7. The molecular formula is C16H29NO3. The van der Waals surface area contributed by atoms with E-state index in [9.17, 15) is 9.59 Å². The van der Waals surface area contributed by atoms with Crippen LogP contribution in [0, 0.1) is 11.8 Å². The summed E-state index contributed by atoms with van der Waals surface area (Å²) in [5, 5.41) is 8.85. The molecule has 0 aromatic heterocycles. The number of carboxylic acids is 1. The van der Waals surface area contributed by atoms with Gasteiger partial charge in [-0.3, -0.25) is 9.59 Å². The molecule has 20 heavy (non-hydrogen) atoms. The summed E-state index contributed by atoms with van der Waals surface area (Å²) in [6.07, 6.45) is 5.81. The average molecular weight is 283 g/mol. The van der Waals surface area contributed by atoms with Crippen LogP contribution in [0.1, 0.15) is 65.7 Å². The van der Waals surface area contributed by atoms with Crippen molar-refractivity contribution in [2.75, 3.05) is 6.54 Å². The fourth-order valence-corrected chi connectivity index (χ4v) is 3.15. The average Bonchev–Trinajstić information content (AvgIpc) is 2.41. The summed E-state index contributed by atoms with van der Waals surface area (Å²) in [5.41, 5.74) is 0. The van der Waals surface area contributed by atoms with Crippen molar-refractivity contribution >= 4 is 11.9 Å². The van der Waals surface area contributed by atoms with Crippen LogP contribution in [0.15, 0.2) is 0 Å². The van der Waals surface area contributed by atoms with Crippen molar-refractivity contribution in [2.45, 2.75) is 71.8 Å². The number of carbonyl (C=O) groups is 2. The molecule has 0 spiro atoms. The maximum Gasteiger partial charge on any atom is 0.303 e. The van der Waals surface area contributed by atoms with Crippen LogP contribution in [0.25, 0.3) is 0 Å². The van der Waals surface area contributed by atoms with E-state index in [1.807, 2.05) is 4.90 Å². The molecule has 1 saturated heterocycles. The van der Waals surface area contributed by atoms with E-state index in [1.165, 1.54) is 0 Å². The fraction of sp³-hybridized carbons (Fsp3) is 0.875. The maximum atomic E-state index is 12.8.